The molecule has 102 valence electrons. The third kappa shape index (κ3) is 3.36. The predicted molar refractivity (Wildman–Crippen MR) is 76.7 cm³/mol. The van der Waals surface area contributed by atoms with E-state index >= 15 is 0 Å². The van der Waals surface area contributed by atoms with Crippen molar-refractivity contribution in [1.82, 2.24) is 4.90 Å². The van der Waals surface area contributed by atoms with Crippen LogP contribution in [0.5, 0.6) is 0 Å². The Hall–Kier alpha value is -0.793. The van der Waals surface area contributed by atoms with E-state index in [1.807, 2.05) is 0 Å². The molecule has 1 aliphatic heterocycles. The Balaban J connectivity index is 2.59. The van der Waals surface area contributed by atoms with E-state index in [1.165, 1.54) is 0 Å². The van der Waals surface area contributed by atoms with Crippen LogP contribution in [-0.4, -0.2) is 38.3 Å². The van der Waals surface area contributed by atoms with E-state index in [1.54, 1.807) is 4.90 Å². The van der Waals surface area contributed by atoms with Gasteiger partial charge in [0.1, 0.15) is 0 Å². The number of hydrogen-bond acceptors (Lipinski definition) is 2. The standard InChI is InChI=1S/C14H25NO2Si/c1-7-10-15-12(8-9-13(15)16)11-17-18(5,6)14(2,3)4/h1,12H,8-11H2,2-6H3/t12-/m0/s1. The maximum absolute atomic E-state index is 11.7. The topological polar surface area (TPSA) is 29.5 Å². The van der Waals surface area contributed by atoms with Crippen LogP contribution in [0.25, 0.3) is 0 Å². The molecule has 0 bridgehead atoms. The molecule has 0 saturated carbocycles. The number of amides is 1. The van der Waals surface area contributed by atoms with Crippen molar-refractivity contribution in [2.45, 2.75) is 57.8 Å². The van der Waals surface area contributed by atoms with Crippen LogP contribution in [0.4, 0.5) is 0 Å². The van der Waals surface area contributed by atoms with Crippen molar-refractivity contribution in [2.75, 3.05) is 13.2 Å². The van der Waals surface area contributed by atoms with E-state index in [2.05, 4.69) is 39.8 Å². The van der Waals surface area contributed by atoms with Gasteiger partial charge in [-0.3, -0.25) is 4.79 Å². The second-order valence-electron chi connectivity index (χ2n) is 6.49. The number of carbonyl (C=O) groups excluding carboxylic acids is 1. The first kappa shape index (κ1) is 15.3. The molecule has 1 aliphatic rings. The first-order valence-electron chi connectivity index (χ1n) is 6.56. The molecule has 0 aromatic rings. The molecule has 0 N–H and O–H groups in total. The van der Waals surface area contributed by atoms with Crippen LogP contribution in [0, 0.1) is 12.3 Å². The highest BCUT2D eigenvalue weighted by molar-refractivity contribution is 6.74. The fourth-order valence-electron chi connectivity index (χ4n) is 1.80. The summed E-state index contributed by atoms with van der Waals surface area (Å²) in [5, 5.41) is 0.201. The Morgan fingerprint density at radius 1 is 1.50 bits per heavy atom. The SMILES string of the molecule is C#CCN1C(=O)CC[C@H]1CO[Si](C)(C)C(C)(C)C. The highest BCUT2D eigenvalue weighted by atomic mass is 28.4. The quantitative estimate of drug-likeness (QED) is 0.579. The van der Waals surface area contributed by atoms with Gasteiger partial charge in [-0.25, -0.2) is 0 Å². The van der Waals surface area contributed by atoms with Gasteiger partial charge in [0.2, 0.25) is 5.91 Å². The fourth-order valence-corrected chi connectivity index (χ4v) is 2.85. The molecule has 18 heavy (non-hydrogen) atoms. The minimum absolute atomic E-state index is 0.164. The van der Waals surface area contributed by atoms with Crippen molar-refractivity contribution in [3.63, 3.8) is 0 Å². The maximum Gasteiger partial charge on any atom is 0.223 e. The van der Waals surface area contributed by atoms with Gasteiger partial charge in [-0.2, -0.15) is 0 Å². The molecule has 1 atom stereocenters. The number of carbonyl (C=O) groups is 1. The van der Waals surface area contributed by atoms with Gasteiger partial charge in [0, 0.05) is 6.42 Å². The molecule has 1 rings (SSSR count). The summed E-state index contributed by atoms with van der Waals surface area (Å²) < 4.78 is 6.18. The lowest BCUT2D eigenvalue weighted by molar-refractivity contribution is -0.128. The molecule has 0 radical (unpaired) electrons. The maximum atomic E-state index is 11.7. The summed E-state index contributed by atoms with van der Waals surface area (Å²) >= 11 is 0. The highest BCUT2D eigenvalue weighted by Gasteiger charge is 2.39. The van der Waals surface area contributed by atoms with Gasteiger partial charge >= 0.3 is 0 Å². The van der Waals surface area contributed by atoms with E-state index in [-0.39, 0.29) is 17.0 Å². The van der Waals surface area contributed by atoms with Gasteiger partial charge in [0.05, 0.1) is 19.2 Å². The van der Waals surface area contributed by atoms with Gasteiger partial charge in [-0.1, -0.05) is 26.7 Å². The van der Waals surface area contributed by atoms with Gasteiger partial charge in [0.25, 0.3) is 0 Å². The molecule has 0 spiro atoms. The van der Waals surface area contributed by atoms with Crippen molar-refractivity contribution in [1.29, 1.82) is 0 Å². The minimum atomic E-state index is -1.74. The van der Waals surface area contributed by atoms with Crippen molar-refractivity contribution < 1.29 is 9.22 Å². The number of nitrogens with zero attached hydrogens (tertiary/aromatic N) is 1. The van der Waals surface area contributed by atoms with Crippen molar-refractivity contribution in [3.8, 4) is 12.3 Å². The predicted octanol–water partition coefficient (Wildman–Crippen LogP) is 2.63. The number of hydrogen-bond donors (Lipinski definition) is 0. The summed E-state index contributed by atoms with van der Waals surface area (Å²) in [5.74, 6) is 2.72. The van der Waals surface area contributed by atoms with Crippen LogP contribution in [0.1, 0.15) is 33.6 Å². The third-order valence-electron chi connectivity index (χ3n) is 4.16. The normalized spacial score (nSPS) is 21.2. The molecule has 1 amide bonds. The van der Waals surface area contributed by atoms with Crippen LogP contribution in [0.2, 0.25) is 18.1 Å². The lowest BCUT2D eigenvalue weighted by atomic mass is 10.2. The average molecular weight is 267 g/mol. The lowest BCUT2D eigenvalue weighted by Crippen LogP contribution is -2.45. The molecule has 0 aliphatic carbocycles. The molecule has 1 saturated heterocycles. The lowest BCUT2D eigenvalue weighted by Gasteiger charge is -2.37. The first-order valence-corrected chi connectivity index (χ1v) is 9.47. The second-order valence-corrected chi connectivity index (χ2v) is 11.3. The number of likely N-dealkylation sites (tertiary alicyclic amines) is 1. The molecule has 0 unspecified atom stereocenters. The Kier molecular flexibility index (Phi) is 4.63. The summed E-state index contributed by atoms with van der Waals surface area (Å²) in [6, 6.07) is 0.169. The van der Waals surface area contributed by atoms with Crippen LogP contribution in [0.3, 0.4) is 0 Å². The van der Waals surface area contributed by atoms with Crippen molar-refractivity contribution in [3.05, 3.63) is 0 Å². The van der Waals surface area contributed by atoms with Crippen LogP contribution >= 0.6 is 0 Å². The largest absolute Gasteiger partial charge is 0.415 e. The molecule has 1 heterocycles. The molecular weight excluding hydrogens is 242 g/mol. The zero-order valence-electron chi connectivity index (χ0n) is 12.2. The molecule has 3 nitrogen and oxygen atoms in total. The Labute approximate surface area is 112 Å². The molecular formula is C14H25NO2Si. The van der Waals surface area contributed by atoms with E-state index in [0.29, 0.717) is 19.6 Å². The van der Waals surface area contributed by atoms with E-state index in [4.69, 9.17) is 10.8 Å². The summed E-state index contributed by atoms with van der Waals surface area (Å²) in [5.41, 5.74) is 0. The van der Waals surface area contributed by atoms with E-state index in [0.717, 1.165) is 6.42 Å². The van der Waals surface area contributed by atoms with Gasteiger partial charge in [-0.05, 0) is 24.6 Å². The second kappa shape index (κ2) is 5.46. The summed E-state index contributed by atoms with van der Waals surface area (Å²) in [6.45, 7) is 12.2. The Bertz CT molecular complexity index is 352. The van der Waals surface area contributed by atoms with Gasteiger partial charge in [-0.15, -0.1) is 6.42 Å². The van der Waals surface area contributed by atoms with E-state index < -0.39 is 8.32 Å². The van der Waals surface area contributed by atoms with Crippen molar-refractivity contribution >= 4 is 14.2 Å². The third-order valence-corrected chi connectivity index (χ3v) is 8.66. The van der Waals surface area contributed by atoms with Crippen LogP contribution in [-0.2, 0) is 9.22 Å². The van der Waals surface area contributed by atoms with Gasteiger partial charge in [0.15, 0.2) is 8.32 Å². The monoisotopic (exact) mass is 267 g/mol. The minimum Gasteiger partial charge on any atom is -0.415 e. The summed E-state index contributed by atoms with van der Waals surface area (Å²) in [7, 11) is -1.74. The zero-order valence-corrected chi connectivity index (χ0v) is 13.2. The highest BCUT2D eigenvalue weighted by Crippen LogP contribution is 2.37. The fraction of sp³-hybridized carbons (Fsp3) is 0.786. The molecule has 4 heteroatoms. The molecule has 0 aromatic heterocycles. The van der Waals surface area contributed by atoms with Gasteiger partial charge < -0.3 is 9.33 Å². The van der Waals surface area contributed by atoms with Crippen LogP contribution in [0.15, 0.2) is 0 Å². The Morgan fingerprint density at radius 2 is 2.11 bits per heavy atom. The molecule has 0 aromatic carbocycles. The molecule has 1 fully saturated rings. The Morgan fingerprint density at radius 3 is 2.61 bits per heavy atom. The average Bonchev–Trinajstić information content (AvgIpc) is 2.57. The first-order chi connectivity index (χ1) is 8.19. The van der Waals surface area contributed by atoms with Crippen molar-refractivity contribution in [2.24, 2.45) is 0 Å². The smallest absolute Gasteiger partial charge is 0.223 e. The number of rotatable bonds is 4. The zero-order chi connectivity index (χ0) is 14.0. The number of terminal acetylenes is 1. The van der Waals surface area contributed by atoms with Crippen LogP contribution < -0.4 is 0 Å². The summed E-state index contributed by atoms with van der Waals surface area (Å²) in [4.78, 5) is 13.5. The summed E-state index contributed by atoms with van der Waals surface area (Å²) in [6.07, 6.45) is 6.78. The van der Waals surface area contributed by atoms with E-state index in [9.17, 15) is 4.79 Å².